The molecular formula is C10H12BrClN2. The van der Waals surface area contributed by atoms with Crippen LogP contribution in [0.15, 0.2) is 35.3 Å². The second kappa shape index (κ2) is 5.51. The minimum Gasteiger partial charge on any atom is -0.271 e. The van der Waals surface area contributed by atoms with Crippen molar-refractivity contribution >= 4 is 27.5 Å². The lowest BCUT2D eigenvalue weighted by Gasteiger charge is -2.16. The summed E-state index contributed by atoms with van der Waals surface area (Å²) in [5.74, 6) is 5.45. The predicted octanol–water partition coefficient (Wildman–Crippen LogP) is 3.18. The van der Waals surface area contributed by atoms with Crippen LogP contribution in [-0.2, 0) is 0 Å². The van der Waals surface area contributed by atoms with E-state index in [-0.39, 0.29) is 6.04 Å². The molecule has 0 radical (unpaired) electrons. The number of benzene rings is 1. The fourth-order valence-corrected chi connectivity index (χ4v) is 1.94. The summed E-state index contributed by atoms with van der Waals surface area (Å²) in [4.78, 5) is 0. The molecule has 1 unspecified atom stereocenters. The lowest BCUT2D eigenvalue weighted by molar-refractivity contribution is 0.559. The molecule has 0 saturated heterocycles. The molecule has 0 fully saturated rings. The highest BCUT2D eigenvalue weighted by molar-refractivity contribution is 9.10. The molecule has 1 atom stereocenters. The summed E-state index contributed by atoms with van der Waals surface area (Å²) in [5, 5.41) is 0.701. The van der Waals surface area contributed by atoms with Gasteiger partial charge in [-0.25, -0.2) is 0 Å². The molecule has 1 aromatic rings. The van der Waals surface area contributed by atoms with Gasteiger partial charge in [0.05, 0.1) is 6.04 Å². The molecule has 2 nitrogen and oxygen atoms in total. The molecule has 0 saturated carbocycles. The molecule has 0 aromatic heterocycles. The Morgan fingerprint density at radius 3 is 2.93 bits per heavy atom. The zero-order chi connectivity index (χ0) is 10.6. The van der Waals surface area contributed by atoms with Crippen molar-refractivity contribution in [1.82, 2.24) is 5.43 Å². The van der Waals surface area contributed by atoms with Crippen LogP contribution in [0, 0.1) is 0 Å². The average Bonchev–Trinajstić information content (AvgIpc) is 2.18. The van der Waals surface area contributed by atoms with Crippen molar-refractivity contribution in [2.24, 2.45) is 5.84 Å². The molecule has 0 bridgehead atoms. The first kappa shape index (κ1) is 11.7. The number of nitrogens with one attached hydrogen (secondary N) is 1. The standard InChI is InChI=1S/C10H12BrClN2/c1-2-3-10(14-13)8-6-7(12)4-5-9(8)11/h2,4-6,10,14H,1,3,13H2. The van der Waals surface area contributed by atoms with Crippen LogP contribution >= 0.6 is 27.5 Å². The minimum absolute atomic E-state index is 0.0422. The zero-order valence-corrected chi connectivity index (χ0v) is 9.98. The highest BCUT2D eigenvalue weighted by Crippen LogP contribution is 2.28. The van der Waals surface area contributed by atoms with E-state index in [1.165, 1.54) is 0 Å². The van der Waals surface area contributed by atoms with Gasteiger partial charge in [0.15, 0.2) is 0 Å². The monoisotopic (exact) mass is 274 g/mol. The van der Waals surface area contributed by atoms with Crippen molar-refractivity contribution in [3.05, 3.63) is 45.9 Å². The van der Waals surface area contributed by atoms with Crippen LogP contribution in [0.5, 0.6) is 0 Å². The van der Waals surface area contributed by atoms with Crippen LogP contribution in [0.4, 0.5) is 0 Å². The van der Waals surface area contributed by atoms with Gasteiger partial charge in [0, 0.05) is 9.50 Å². The molecule has 3 N–H and O–H groups in total. The summed E-state index contributed by atoms with van der Waals surface area (Å²) in [5.41, 5.74) is 3.77. The van der Waals surface area contributed by atoms with E-state index in [1.807, 2.05) is 24.3 Å². The largest absolute Gasteiger partial charge is 0.271 e. The van der Waals surface area contributed by atoms with E-state index < -0.39 is 0 Å². The molecule has 0 aliphatic carbocycles. The first-order valence-corrected chi connectivity index (χ1v) is 5.38. The average molecular weight is 276 g/mol. The fourth-order valence-electron chi connectivity index (χ4n) is 1.23. The Kier molecular flexibility index (Phi) is 4.62. The van der Waals surface area contributed by atoms with Crippen molar-refractivity contribution < 1.29 is 0 Å². The number of halogens is 2. The van der Waals surface area contributed by atoms with Gasteiger partial charge in [-0.15, -0.1) is 6.58 Å². The molecule has 1 rings (SSSR count). The Bertz CT molecular complexity index is 328. The molecule has 0 aliphatic heterocycles. The molecule has 4 heteroatoms. The van der Waals surface area contributed by atoms with E-state index in [0.717, 1.165) is 16.5 Å². The normalized spacial score (nSPS) is 12.5. The Morgan fingerprint density at radius 1 is 1.64 bits per heavy atom. The highest BCUT2D eigenvalue weighted by atomic mass is 79.9. The topological polar surface area (TPSA) is 38.0 Å². The molecule has 1 aromatic carbocycles. The second-order valence-electron chi connectivity index (χ2n) is 2.91. The van der Waals surface area contributed by atoms with E-state index in [9.17, 15) is 0 Å². The van der Waals surface area contributed by atoms with Crippen molar-refractivity contribution in [1.29, 1.82) is 0 Å². The van der Waals surface area contributed by atoms with Crippen molar-refractivity contribution in [2.75, 3.05) is 0 Å². The third kappa shape index (κ3) is 2.82. The summed E-state index contributed by atoms with van der Waals surface area (Å²) < 4.78 is 0.992. The lowest BCUT2D eigenvalue weighted by Crippen LogP contribution is -2.27. The molecule has 0 spiro atoms. The Morgan fingerprint density at radius 2 is 2.36 bits per heavy atom. The molecule has 0 heterocycles. The van der Waals surface area contributed by atoms with Gasteiger partial charge in [0.1, 0.15) is 0 Å². The van der Waals surface area contributed by atoms with Crippen LogP contribution in [0.3, 0.4) is 0 Å². The third-order valence-corrected chi connectivity index (χ3v) is 2.89. The SMILES string of the molecule is C=CCC(NN)c1cc(Cl)ccc1Br. The first-order chi connectivity index (χ1) is 6.69. The molecule has 14 heavy (non-hydrogen) atoms. The fraction of sp³-hybridized carbons (Fsp3) is 0.200. The summed E-state index contributed by atoms with van der Waals surface area (Å²) in [6.07, 6.45) is 2.58. The number of hydrogen-bond donors (Lipinski definition) is 2. The summed E-state index contributed by atoms with van der Waals surface area (Å²) in [6, 6.07) is 5.67. The van der Waals surface area contributed by atoms with E-state index in [1.54, 1.807) is 0 Å². The number of rotatable bonds is 4. The number of nitrogens with two attached hydrogens (primary N) is 1. The molecule has 0 aliphatic rings. The van der Waals surface area contributed by atoms with E-state index in [0.29, 0.717) is 5.02 Å². The quantitative estimate of drug-likeness (QED) is 0.503. The van der Waals surface area contributed by atoms with Gasteiger partial charge in [-0.3, -0.25) is 11.3 Å². The van der Waals surface area contributed by atoms with Gasteiger partial charge in [0.25, 0.3) is 0 Å². The van der Waals surface area contributed by atoms with Crippen LogP contribution < -0.4 is 11.3 Å². The lowest BCUT2D eigenvalue weighted by atomic mass is 10.0. The van der Waals surface area contributed by atoms with Crippen LogP contribution in [0.2, 0.25) is 5.02 Å². The Hall–Kier alpha value is -0.350. The maximum Gasteiger partial charge on any atom is 0.0505 e. The van der Waals surface area contributed by atoms with E-state index in [4.69, 9.17) is 17.4 Å². The van der Waals surface area contributed by atoms with Crippen molar-refractivity contribution in [3.8, 4) is 0 Å². The Balaban J connectivity index is 3.01. The smallest absolute Gasteiger partial charge is 0.0505 e. The molecule has 0 amide bonds. The van der Waals surface area contributed by atoms with Crippen molar-refractivity contribution in [3.63, 3.8) is 0 Å². The molecular weight excluding hydrogens is 263 g/mol. The summed E-state index contributed by atoms with van der Waals surface area (Å²) in [6.45, 7) is 3.68. The van der Waals surface area contributed by atoms with Gasteiger partial charge in [-0.1, -0.05) is 33.6 Å². The Labute approximate surface area is 97.2 Å². The number of hydrogen-bond acceptors (Lipinski definition) is 2. The van der Waals surface area contributed by atoms with Gasteiger partial charge >= 0.3 is 0 Å². The van der Waals surface area contributed by atoms with Gasteiger partial charge in [-0.2, -0.15) is 0 Å². The maximum atomic E-state index is 5.90. The maximum absolute atomic E-state index is 5.90. The van der Waals surface area contributed by atoms with Crippen LogP contribution in [0.25, 0.3) is 0 Å². The zero-order valence-electron chi connectivity index (χ0n) is 7.63. The minimum atomic E-state index is 0.0422. The van der Waals surface area contributed by atoms with Gasteiger partial charge < -0.3 is 0 Å². The highest BCUT2D eigenvalue weighted by Gasteiger charge is 2.11. The predicted molar refractivity (Wildman–Crippen MR) is 64.0 cm³/mol. The van der Waals surface area contributed by atoms with Crippen LogP contribution in [-0.4, -0.2) is 0 Å². The first-order valence-electron chi connectivity index (χ1n) is 4.21. The number of hydrazine groups is 1. The second-order valence-corrected chi connectivity index (χ2v) is 4.20. The van der Waals surface area contributed by atoms with Crippen molar-refractivity contribution in [2.45, 2.75) is 12.5 Å². The van der Waals surface area contributed by atoms with E-state index >= 15 is 0 Å². The van der Waals surface area contributed by atoms with E-state index in [2.05, 4.69) is 27.9 Å². The van der Waals surface area contributed by atoms with Gasteiger partial charge in [0.2, 0.25) is 0 Å². The summed E-state index contributed by atoms with van der Waals surface area (Å²) in [7, 11) is 0. The molecule has 76 valence electrons. The third-order valence-electron chi connectivity index (χ3n) is 1.94. The summed E-state index contributed by atoms with van der Waals surface area (Å²) >= 11 is 9.36. The van der Waals surface area contributed by atoms with Gasteiger partial charge in [-0.05, 0) is 30.2 Å². The van der Waals surface area contributed by atoms with Crippen LogP contribution in [0.1, 0.15) is 18.0 Å².